The van der Waals surface area contributed by atoms with E-state index in [-0.39, 0.29) is 0 Å². The molecule has 120 valence electrons. The Morgan fingerprint density at radius 3 is 2.13 bits per heavy atom. The fraction of sp³-hybridized carbons (Fsp3) is 0.333. The smallest absolute Gasteiger partial charge is 0.0738 e. The molecule has 1 aliphatic rings. The minimum absolute atomic E-state index is 0.484. The van der Waals surface area contributed by atoms with E-state index in [9.17, 15) is 0 Å². The van der Waals surface area contributed by atoms with Crippen LogP contribution in [0.2, 0.25) is 13.1 Å². The number of hydrogen-bond donors (Lipinski definition) is 0. The third kappa shape index (κ3) is 3.34. The maximum atomic E-state index is 4.04. The molecule has 1 aliphatic carbocycles. The van der Waals surface area contributed by atoms with Crippen LogP contribution in [0.4, 0.5) is 0 Å². The van der Waals surface area contributed by atoms with Gasteiger partial charge in [-0.1, -0.05) is 67.7 Å². The summed E-state index contributed by atoms with van der Waals surface area (Å²) in [6, 6.07) is 22.1. The molecule has 0 saturated heterocycles. The lowest BCUT2D eigenvalue weighted by Crippen LogP contribution is -2.47. The molecular formula is C21H26SSi. The van der Waals surface area contributed by atoms with Crippen LogP contribution < -0.4 is 0 Å². The number of rotatable bonds is 7. The summed E-state index contributed by atoms with van der Waals surface area (Å²) in [6.45, 7) is 9.23. The van der Waals surface area contributed by atoms with E-state index >= 15 is 0 Å². The highest BCUT2D eigenvalue weighted by Gasteiger charge is 2.59. The van der Waals surface area contributed by atoms with Gasteiger partial charge in [0.25, 0.3) is 0 Å². The topological polar surface area (TPSA) is 0 Å². The Hall–Kier alpha value is -1.25. The van der Waals surface area contributed by atoms with Crippen LogP contribution >= 0.6 is 11.8 Å². The molecule has 0 aromatic heterocycles. The maximum Gasteiger partial charge on any atom is 0.0738 e. The molecule has 3 rings (SSSR count). The van der Waals surface area contributed by atoms with Gasteiger partial charge < -0.3 is 0 Å². The molecule has 0 amide bonds. The quantitative estimate of drug-likeness (QED) is 0.412. The normalized spacial score (nSPS) is 17.5. The number of allylic oxidation sites excluding steroid dienone is 1. The first-order chi connectivity index (χ1) is 11.1. The standard InChI is InChI=1S/C21H26SSi/c1-4-11-20(18-12-7-5-8-13-18)23(2,3)21(16-17-21)22-19-14-9-6-10-15-19/h4-10,12-15,20H,1,11,16-17H2,2-3H3. The van der Waals surface area contributed by atoms with Gasteiger partial charge in [-0.15, -0.1) is 18.3 Å². The third-order valence-electron chi connectivity index (χ3n) is 5.41. The summed E-state index contributed by atoms with van der Waals surface area (Å²) in [4.78, 5) is 1.43. The first kappa shape index (κ1) is 16.6. The summed E-state index contributed by atoms with van der Waals surface area (Å²) in [5, 5.41) is 0. The minimum atomic E-state index is -1.50. The first-order valence-corrected chi connectivity index (χ1v) is 12.4. The van der Waals surface area contributed by atoms with E-state index in [0.29, 0.717) is 9.91 Å². The van der Waals surface area contributed by atoms with E-state index in [0.717, 1.165) is 6.42 Å². The Labute approximate surface area is 146 Å². The van der Waals surface area contributed by atoms with Crippen molar-refractivity contribution in [2.45, 2.75) is 47.2 Å². The molecule has 2 aromatic carbocycles. The second-order valence-corrected chi connectivity index (χ2v) is 14.0. The molecule has 0 bridgehead atoms. The van der Waals surface area contributed by atoms with Gasteiger partial charge in [0.15, 0.2) is 0 Å². The highest BCUT2D eigenvalue weighted by molar-refractivity contribution is 8.02. The van der Waals surface area contributed by atoms with Crippen molar-refractivity contribution < 1.29 is 0 Å². The molecule has 1 atom stereocenters. The molecule has 2 heteroatoms. The zero-order valence-electron chi connectivity index (χ0n) is 14.2. The van der Waals surface area contributed by atoms with Gasteiger partial charge in [0.1, 0.15) is 0 Å². The van der Waals surface area contributed by atoms with E-state index in [4.69, 9.17) is 0 Å². The Balaban J connectivity index is 1.90. The van der Waals surface area contributed by atoms with E-state index in [1.165, 1.54) is 23.3 Å². The fourth-order valence-corrected chi connectivity index (χ4v) is 10.4. The first-order valence-electron chi connectivity index (χ1n) is 8.49. The summed E-state index contributed by atoms with van der Waals surface area (Å²) < 4.78 is 0.484. The molecule has 23 heavy (non-hydrogen) atoms. The lowest BCUT2D eigenvalue weighted by molar-refractivity contribution is 0.883. The average molecular weight is 339 g/mol. The Kier molecular flexibility index (Phi) is 4.84. The third-order valence-corrected chi connectivity index (χ3v) is 13.8. The summed E-state index contributed by atoms with van der Waals surface area (Å²) >= 11 is 2.14. The zero-order valence-corrected chi connectivity index (χ0v) is 16.0. The van der Waals surface area contributed by atoms with Gasteiger partial charge >= 0.3 is 0 Å². The van der Waals surface area contributed by atoms with Gasteiger partial charge in [-0.25, -0.2) is 0 Å². The van der Waals surface area contributed by atoms with Gasteiger partial charge in [-0.3, -0.25) is 0 Å². The number of thioether (sulfide) groups is 1. The molecule has 0 nitrogen and oxygen atoms in total. The van der Waals surface area contributed by atoms with Crippen LogP contribution in [0.5, 0.6) is 0 Å². The average Bonchev–Trinajstić information content (AvgIpc) is 3.35. The van der Waals surface area contributed by atoms with E-state index in [2.05, 4.69) is 98.2 Å². The SMILES string of the molecule is C=CCC(c1ccccc1)[Si](C)(C)C1(Sc2ccccc2)CC1. The predicted octanol–water partition coefficient (Wildman–Crippen LogP) is 6.46. The van der Waals surface area contributed by atoms with Crippen molar-refractivity contribution in [3.63, 3.8) is 0 Å². The van der Waals surface area contributed by atoms with Crippen LogP contribution in [-0.4, -0.2) is 12.4 Å². The van der Waals surface area contributed by atoms with Crippen LogP contribution in [0.1, 0.15) is 30.4 Å². The van der Waals surface area contributed by atoms with Crippen molar-refractivity contribution in [1.82, 2.24) is 0 Å². The van der Waals surface area contributed by atoms with Crippen molar-refractivity contribution >= 4 is 19.8 Å². The van der Waals surface area contributed by atoms with Crippen LogP contribution in [0.15, 0.2) is 78.2 Å². The number of hydrogen-bond acceptors (Lipinski definition) is 1. The molecule has 0 N–H and O–H groups in total. The Morgan fingerprint density at radius 2 is 1.61 bits per heavy atom. The molecule has 0 radical (unpaired) electrons. The van der Waals surface area contributed by atoms with Crippen LogP contribution in [0, 0.1) is 0 Å². The summed E-state index contributed by atoms with van der Waals surface area (Å²) in [7, 11) is -1.50. The Bertz CT molecular complexity index is 644. The second kappa shape index (κ2) is 6.70. The monoisotopic (exact) mass is 338 g/mol. The largest absolute Gasteiger partial charge is 0.123 e. The van der Waals surface area contributed by atoms with Crippen molar-refractivity contribution in [3.8, 4) is 0 Å². The molecule has 1 unspecified atom stereocenters. The van der Waals surface area contributed by atoms with Gasteiger partial charge in [0.2, 0.25) is 0 Å². The molecule has 0 aliphatic heterocycles. The van der Waals surface area contributed by atoms with Crippen LogP contribution in [0.25, 0.3) is 0 Å². The highest BCUT2D eigenvalue weighted by Crippen LogP contribution is 2.60. The summed E-state index contributed by atoms with van der Waals surface area (Å²) in [5.41, 5.74) is 2.16. The lowest BCUT2D eigenvalue weighted by atomic mass is 10.1. The molecule has 0 heterocycles. The highest BCUT2D eigenvalue weighted by atomic mass is 32.2. The fourth-order valence-electron chi connectivity index (χ4n) is 3.72. The predicted molar refractivity (Wildman–Crippen MR) is 106 cm³/mol. The molecule has 1 fully saturated rings. The lowest BCUT2D eigenvalue weighted by Gasteiger charge is -2.40. The second-order valence-electron chi connectivity index (χ2n) is 7.12. The van der Waals surface area contributed by atoms with Crippen LogP contribution in [0.3, 0.4) is 0 Å². The molecule has 2 aromatic rings. The van der Waals surface area contributed by atoms with Gasteiger partial charge in [-0.05, 0) is 42.5 Å². The van der Waals surface area contributed by atoms with Crippen molar-refractivity contribution in [2.24, 2.45) is 0 Å². The molecule has 1 saturated carbocycles. The van der Waals surface area contributed by atoms with E-state index < -0.39 is 8.07 Å². The van der Waals surface area contributed by atoms with E-state index in [1.807, 2.05) is 0 Å². The minimum Gasteiger partial charge on any atom is -0.123 e. The van der Waals surface area contributed by atoms with Crippen molar-refractivity contribution in [2.75, 3.05) is 0 Å². The van der Waals surface area contributed by atoms with Gasteiger partial charge in [0.05, 0.1) is 8.07 Å². The van der Waals surface area contributed by atoms with Gasteiger partial charge in [0, 0.05) is 9.27 Å². The zero-order chi connectivity index (χ0) is 16.3. The molecule has 0 spiro atoms. The molecular weight excluding hydrogens is 312 g/mol. The maximum absolute atomic E-state index is 4.04. The summed E-state index contributed by atoms with van der Waals surface area (Å²) in [6.07, 6.45) is 5.95. The summed E-state index contributed by atoms with van der Waals surface area (Å²) in [5.74, 6) is 0. The Morgan fingerprint density at radius 1 is 1.04 bits per heavy atom. The number of benzene rings is 2. The van der Waals surface area contributed by atoms with Crippen molar-refractivity contribution in [3.05, 3.63) is 78.9 Å². The van der Waals surface area contributed by atoms with Gasteiger partial charge in [-0.2, -0.15) is 0 Å². The van der Waals surface area contributed by atoms with E-state index in [1.54, 1.807) is 0 Å². The van der Waals surface area contributed by atoms with Crippen molar-refractivity contribution in [1.29, 1.82) is 0 Å². The van der Waals surface area contributed by atoms with Crippen LogP contribution in [-0.2, 0) is 0 Å².